The van der Waals surface area contributed by atoms with E-state index in [1.165, 1.54) is 12.7 Å². The molecule has 0 aliphatic carbocycles. The number of methoxy groups -OCH3 is 2. The lowest BCUT2D eigenvalue weighted by atomic mass is 9.93. The third kappa shape index (κ3) is 3.98. The minimum absolute atomic E-state index is 0.110. The lowest BCUT2D eigenvalue weighted by molar-refractivity contribution is -0.145. The molecule has 1 rings (SSSR count). The second kappa shape index (κ2) is 7.17. The number of rotatable bonds is 6. The fourth-order valence-electron chi connectivity index (χ4n) is 2.14. The molecule has 106 valence electrons. The molecular weight excluding hydrogens is 240 g/mol. The van der Waals surface area contributed by atoms with Crippen molar-refractivity contribution < 1.29 is 14.3 Å². The molecule has 1 atom stereocenters. The van der Waals surface area contributed by atoms with Crippen molar-refractivity contribution in [1.82, 2.24) is 0 Å². The summed E-state index contributed by atoms with van der Waals surface area (Å²) < 4.78 is 10.2. The number of esters is 1. The number of hydrogen-bond acceptors (Lipinski definition) is 3. The molecule has 1 aromatic carbocycles. The van der Waals surface area contributed by atoms with Crippen molar-refractivity contribution in [3.8, 4) is 5.75 Å². The summed E-state index contributed by atoms with van der Waals surface area (Å²) in [7, 11) is 3.10. The van der Waals surface area contributed by atoms with Crippen LogP contribution in [0.3, 0.4) is 0 Å². The van der Waals surface area contributed by atoms with Gasteiger partial charge in [0.15, 0.2) is 0 Å². The zero-order chi connectivity index (χ0) is 14.4. The standard InChI is InChI=1S/C16H24O3/c1-6-12(16(17)19-5)9-14-10-13(11(2)3)7-8-15(14)18-4/h7-8,10-12H,6,9H2,1-5H3. The molecule has 1 aromatic rings. The summed E-state index contributed by atoms with van der Waals surface area (Å²) in [4.78, 5) is 11.7. The summed E-state index contributed by atoms with van der Waals surface area (Å²) in [5.74, 6) is 1.04. The molecule has 3 nitrogen and oxygen atoms in total. The first kappa shape index (κ1) is 15.5. The summed E-state index contributed by atoms with van der Waals surface area (Å²) >= 11 is 0. The summed E-state index contributed by atoms with van der Waals surface area (Å²) in [5.41, 5.74) is 2.33. The van der Waals surface area contributed by atoms with Gasteiger partial charge in [-0.2, -0.15) is 0 Å². The quantitative estimate of drug-likeness (QED) is 0.737. The van der Waals surface area contributed by atoms with E-state index in [4.69, 9.17) is 9.47 Å². The molecule has 0 radical (unpaired) electrons. The molecule has 3 heteroatoms. The molecule has 1 unspecified atom stereocenters. The Kier molecular flexibility index (Phi) is 5.87. The van der Waals surface area contributed by atoms with E-state index < -0.39 is 0 Å². The predicted octanol–water partition coefficient (Wildman–Crippen LogP) is 3.56. The highest BCUT2D eigenvalue weighted by Gasteiger charge is 2.19. The van der Waals surface area contributed by atoms with E-state index in [0.717, 1.165) is 17.7 Å². The van der Waals surface area contributed by atoms with Crippen molar-refractivity contribution >= 4 is 5.97 Å². The molecule has 0 aliphatic heterocycles. The summed E-state index contributed by atoms with van der Waals surface area (Å²) in [6, 6.07) is 6.19. The summed E-state index contributed by atoms with van der Waals surface area (Å²) in [5, 5.41) is 0. The molecule has 0 heterocycles. The van der Waals surface area contributed by atoms with E-state index >= 15 is 0 Å². The van der Waals surface area contributed by atoms with Crippen molar-refractivity contribution in [2.45, 2.75) is 39.5 Å². The fourth-order valence-corrected chi connectivity index (χ4v) is 2.14. The highest BCUT2D eigenvalue weighted by molar-refractivity contribution is 5.72. The van der Waals surface area contributed by atoms with E-state index in [0.29, 0.717) is 12.3 Å². The van der Waals surface area contributed by atoms with Gasteiger partial charge in [-0.05, 0) is 36.0 Å². The Labute approximate surface area is 115 Å². The number of carbonyl (C=O) groups excluding carboxylic acids is 1. The Bertz CT molecular complexity index is 424. The minimum Gasteiger partial charge on any atom is -0.496 e. The largest absolute Gasteiger partial charge is 0.496 e. The monoisotopic (exact) mass is 264 g/mol. The van der Waals surface area contributed by atoms with Crippen molar-refractivity contribution in [3.05, 3.63) is 29.3 Å². The molecular formula is C16H24O3. The van der Waals surface area contributed by atoms with E-state index in [2.05, 4.69) is 26.0 Å². The average Bonchev–Trinajstić information content (AvgIpc) is 2.43. The van der Waals surface area contributed by atoms with Crippen LogP contribution >= 0.6 is 0 Å². The second-order valence-electron chi connectivity index (χ2n) is 5.06. The molecule has 19 heavy (non-hydrogen) atoms. The highest BCUT2D eigenvalue weighted by Crippen LogP contribution is 2.27. The summed E-state index contributed by atoms with van der Waals surface area (Å²) in [6.07, 6.45) is 1.43. The van der Waals surface area contributed by atoms with Crippen LogP contribution < -0.4 is 4.74 Å². The van der Waals surface area contributed by atoms with Crippen molar-refractivity contribution in [2.75, 3.05) is 14.2 Å². The number of carbonyl (C=O) groups is 1. The maximum absolute atomic E-state index is 11.7. The van der Waals surface area contributed by atoms with E-state index in [9.17, 15) is 4.79 Å². The van der Waals surface area contributed by atoms with Crippen molar-refractivity contribution in [2.24, 2.45) is 5.92 Å². The minimum atomic E-state index is -0.153. The van der Waals surface area contributed by atoms with Crippen LogP contribution in [0.1, 0.15) is 44.2 Å². The van der Waals surface area contributed by atoms with Crippen LogP contribution in [0, 0.1) is 5.92 Å². The van der Waals surface area contributed by atoms with Gasteiger partial charge in [0.25, 0.3) is 0 Å². The lowest BCUT2D eigenvalue weighted by Crippen LogP contribution is -2.18. The molecule has 0 spiro atoms. The van der Waals surface area contributed by atoms with E-state index in [-0.39, 0.29) is 11.9 Å². The first-order chi connectivity index (χ1) is 9.03. The Morgan fingerprint density at radius 3 is 2.42 bits per heavy atom. The molecule has 0 aliphatic rings. The zero-order valence-corrected chi connectivity index (χ0v) is 12.5. The van der Waals surface area contributed by atoms with Gasteiger partial charge >= 0.3 is 5.97 Å². The van der Waals surface area contributed by atoms with Gasteiger partial charge in [0.05, 0.1) is 20.1 Å². The van der Waals surface area contributed by atoms with Gasteiger partial charge in [-0.3, -0.25) is 4.79 Å². The molecule has 0 saturated heterocycles. The maximum Gasteiger partial charge on any atom is 0.308 e. The van der Waals surface area contributed by atoms with Gasteiger partial charge in [0, 0.05) is 0 Å². The van der Waals surface area contributed by atoms with Crippen LogP contribution in [0.4, 0.5) is 0 Å². The van der Waals surface area contributed by atoms with Gasteiger partial charge in [-0.1, -0.05) is 32.9 Å². The fraction of sp³-hybridized carbons (Fsp3) is 0.562. The zero-order valence-electron chi connectivity index (χ0n) is 12.5. The summed E-state index contributed by atoms with van der Waals surface area (Å²) in [6.45, 7) is 6.31. The second-order valence-corrected chi connectivity index (χ2v) is 5.06. The third-order valence-corrected chi connectivity index (χ3v) is 3.46. The first-order valence-electron chi connectivity index (χ1n) is 6.78. The first-order valence-corrected chi connectivity index (χ1v) is 6.78. The molecule has 0 bridgehead atoms. The van der Waals surface area contributed by atoms with Crippen LogP contribution in [0.15, 0.2) is 18.2 Å². The lowest BCUT2D eigenvalue weighted by Gasteiger charge is -2.17. The number of ether oxygens (including phenoxy) is 2. The highest BCUT2D eigenvalue weighted by atomic mass is 16.5. The van der Waals surface area contributed by atoms with Gasteiger partial charge in [-0.15, -0.1) is 0 Å². The predicted molar refractivity (Wildman–Crippen MR) is 76.6 cm³/mol. The Morgan fingerprint density at radius 2 is 1.95 bits per heavy atom. The van der Waals surface area contributed by atoms with Crippen LogP contribution in [-0.4, -0.2) is 20.2 Å². The van der Waals surface area contributed by atoms with Gasteiger partial charge in [-0.25, -0.2) is 0 Å². The van der Waals surface area contributed by atoms with Gasteiger partial charge in [0.1, 0.15) is 5.75 Å². The third-order valence-electron chi connectivity index (χ3n) is 3.46. The van der Waals surface area contributed by atoms with E-state index in [1.54, 1.807) is 7.11 Å². The number of hydrogen-bond donors (Lipinski definition) is 0. The van der Waals surface area contributed by atoms with Crippen LogP contribution in [0.5, 0.6) is 5.75 Å². The Balaban J connectivity index is 3.02. The van der Waals surface area contributed by atoms with Crippen LogP contribution in [0.25, 0.3) is 0 Å². The normalized spacial score (nSPS) is 12.3. The van der Waals surface area contributed by atoms with Gasteiger partial charge < -0.3 is 9.47 Å². The average molecular weight is 264 g/mol. The molecule has 0 aromatic heterocycles. The topological polar surface area (TPSA) is 35.5 Å². The van der Waals surface area contributed by atoms with Crippen molar-refractivity contribution in [3.63, 3.8) is 0 Å². The van der Waals surface area contributed by atoms with Crippen LogP contribution in [-0.2, 0) is 16.0 Å². The molecule has 0 N–H and O–H groups in total. The molecule has 0 fully saturated rings. The number of benzene rings is 1. The SMILES string of the molecule is CCC(Cc1cc(C(C)C)ccc1OC)C(=O)OC. The molecule has 0 saturated carbocycles. The smallest absolute Gasteiger partial charge is 0.308 e. The van der Waals surface area contributed by atoms with Crippen molar-refractivity contribution in [1.29, 1.82) is 0 Å². The van der Waals surface area contributed by atoms with E-state index in [1.807, 2.05) is 13.0 Å². The Hall–Kier alpha value is -1.51. The molecule has 0 amide bonds. The maximum atomic E-state index is 11.7. The van der Waals surface area contributed by atoms with Gasteiger partial charge in [0.2, 0.25) is 0 Å². The van der Waals surface area contributed by atoms with Crippen LogP contribution in [0.2, 0.25) is 0 Å². The Morgan fingerprint density at radius 1 is 1.26 bits per heavy atom.